The van der Waals surface area contributed by atoms with Gasteiger partial charge in [-0.25, -0.2) is 15.1 Å². The summed E-state index contributed by atoms with van der Waals surface area (Å²) in [6.45, 7) is 1.47. The van der Waals surface area contributed by atoms with Gasteiger partial charge in [0.25, 0.3) is 0 Å². The molecular weight excluding hydrogens is 428 g/mol. The van der Waals surface area contributed by atoms with E-state index in [9.17, 15) is 14.4 Å². The highest BCUT2D eigenvalue weighted by Gasteiger charge is 2.29. The normalized spacial score (nSPS) is 13.0. The number of carboxylic acids is 1. The van der Waals surface area contributed by atoms with Crippen molar-refractivity contribution in [1.82, 2.24) is 10.8 Å². The van der Waals surface area contributed by atoms with Crippen molar-refractivity contribution in [3.8, 4) is 11.1 Å². The lowest BCUT2D eigenvalue weighted by Crippen LogP contribution is -2.32. The zero-order chi connectivity index (χ0) is 23.4. The Labute approximate surface area is 189 Å². The van der Waals surface area contributed by atoms with Gasteiger partial charge in [-0.2, -0.15) is 0 Å². The topological polar surface area (TPSA) is 127 Å². The lowest BCUT2D eigenvalue weighted by atomic mass is 9.98. The minimum Gasteiger partial charge on any atom is -0.479 e. The summed E-state index contributed by atoms with van der Waals surface area (Å²) in [6, 6.07) is 19.0. The quantitative estimate of drug-likeness (QED) is 0.449. The Hall–Kier alpha value is -4.11. The largest absolute Gasteiger partial charge is 0.479 e. The summed E-state index contributed by atoms with van der Waals surface area (Å²) in [5, 5.41) is 11.3. The van der Waals surface area contributed by atoms with Gasteiger partial charge in [0.1, 0.15) is 12.4 Å². The van der Waals surface area contributed by atoms with Crippen LogP contribution in [0.25, 0.3) is 11.1 Å². The highest BCUT2D eigenvalue weighted by atomic mass is 16.7. The average molecular weight is 450 g/mol. The molecule has 170 valence electrons. The van der Waals surface area contributed by atoms with Crippen LogP contribution in [-0.2, 0) is 20.9 Å². The molecule has 2 aromatic carbocycles. The van der Waals surface area contributed by atoms with E-state index in [4.69, 9.17) is 19.1 Å². The SMILES string of the molecule is CC(ONC(=O)c1ccc(CNC(=O)OCC2c3ccccc3-c3ccccc32)o1)C(=O)O. The van der Waals surface area contributed by atoms with Gasteiger partial charge in [0.05, 0.1) is 6.54 Å². The summed E-state index contributed by atoms with van der Waals surface area (Å²) in [7, 11) is 0. The predicted molar refractivity (Wildman–Crippen MR) is 116 cm³/mol. The first-order chi connectivity index (χ1) is 15.9. The van der Waals surface area contributed by atoms with E-state index in [1.807, 2.05) is 41.9 Å². The number of amides is 2. The molecule has 0 saturated heterocycles. The second-order valence-corrected chi connectivity index (χ2v) is 7.47. The molecule has 1 aliphatic rings. The average Bonchev–Trinajstić information content (AvgIpc) is 3.42. The number of alkyl carbamates (subject to hydrolysis) is 1. The van der Waals surface area contributed by atoms with Crippen LogP contribution in [0.5, 0.6) is 0 Å². The molecule has 0 bridgehead atoms. The number of hydrogen-bond donors (Lipinski definition) is 3. The molecule has 1 aliphatic carbocycles. The van der Waals surface area contributed by atoms with Gasteiger partial charge in [0, 0.05) is 5.92 Å². The van der Waals surface area contributed by atoms with E-state index in [0.29, 0.717) is 5.76 Å². The standard InChI is InChI=1S/C24H22N2O7/c1-14(23(28)29)33-26-22(27)21-11-10-15(32-21)12-25-24(30)31-13-20-18-8-4-2-6-16(18)17-7-3-5-9-19(17)20/h2-11,14,20H,12-13H2,1H3,(H,25,30)(H,26,27)(H,28,29). The van der Waals surface area contributed by atoms with Crippen molar-refractivity contribution < 1.29 is 33.5 Å². The van der Waals surface area contributed by atoms with Gasteiger partial charge < -0.3 is 19.6 Å². The molecule has 3 aromatic rings. The van der Waals surface area contributed by atoms with E-state index in [-0.39, 0.29) is 24.8 Å². The molecule has 1 heterocycles. The Kier molecular flexibility index (Phi) is 6.41. The third-order valence-corrected chi connectivity index (χ3v) is 5.31. The summed E-state index contributed by atoms with van der Waals surface area (Å²) >= 11 is 0. The summed E-state index contributed by atoms with van der Waals surface area (Å²) in [5.41, 5.74) is 6.52. The fraction of sp³-hybridized carbons (Fsp3) is 0.208. The van der Waals surface area contributed by atoms with Gasteiger partial charge in [0.2, 0.25) is 0 Å². The maximum atomic E-state index is 12.2. The third-order valence-electron chi connectivity index (χ3n) is 5.31. The van der Waals surface area contributed by atoms with Crippen LogP contribution in [0.15, 0.2) is 65.1 Å². The maximum absolute atomic E-state index is 12.2. The first-order valence-electron chi connectivity index (χ1n) is 10.3. The number of carbonyl (C=O) groups is 3. The van der Waals surface area contributed by atoms with Gasteiger partial charge in [-0.3, -0.25) is 9.63 Å². The smallest absolute Gasteiger partial charge is 0.407 e. The number of fused-ring (bicyclic) bond motifs is 3. The monoisotopic (exact) mass is 450 g/mol. The number of aliphatic carboxylic acids is 1. The van der Waals surface area contributed by atoms with Crippen LogP contribution in [0.2, 0.25) is 0 Å². The van der Waals surface area contributed by atoms with E-state index < -0.39 is 24.1 Å². The number of carbonyl (C=O) groups excluding carboxylic acids is 2. The Morgan fingerprint density at radius 1 is 1.00 bits per heavy atom. The molecule has 4 rings (SSSR count). The van der Waals surface area contributed by atoms with Gasteiger partial charge in [0.15, 0.2) is 11.9 Å². The second kappa shape index (κ2) is 9.58. The van der Waals surface area contributed by atoms with Crippen molar-refractivity contribution in [3.63, 3.8) is 0 Å². The zero-order valence-electron chi connectivity index (χ0n) is 17.7. The molecule has 0 saturated carbocycles. The zero-order valence-corrected chi connectivity index (χ0v) is 17.7. The molecule has 33 heavy (non-hydrogen) atoms. The van der Waals surface area contributed by atoms with Gasteiger partial charge in [-0.05, 0) is 41.3 Å². The van der Waals surface area contributed by atoms with Gasteiger partial charge in [-0.1, -0.05) is 48.5 Å². The Morgan fingerprint density at radius 3 is 2.27 bits per heavy atom. The first-order valence-corrected chi connectivity index (χ1v) is 10.3. The van der Waals surface area contributed by atoms with Crippen molar-refractivity contribution in [1.29, 1.82) is 0 Å². The minimum atomic E-state index is -1.22. The second-order valence-electron chi connectivity index (χ2n) is 7.47. The van der Waals surface area contributed by atoms with Crippen molar-refractivity contribution in [3.05, 3.63) is 83.3 Å². The van der Waals surface area contributed by atoms with Crippen molar-refractivity contribution in [2.24, 2.45) is 0 Å². The molecule has 1 unspecified atom stereocenters. The highest BCUT2D eigenvalue weighted by Crippen LogP contribution is 2.44. The van der Waals surface area contributed by atoms with Crippen LogP contribution in [0, 0.1) is 0 Å². The van der Waals surface area contributed by atoms with Gasteiger partial charge in [-0.15, -0.1) is 0 Å². The Balaban J connectivity index is 1.29. The van der Waals surface area contributed by atoms with E-state index in [2.05, 4.69) is 17.4 Å². The predicted octanol–water partition coefficient (Wildman–Crippen LogP) is 3.45. The number of hydroxylamine groups is 1. The molecule has 2 amide bonds. The van der Waals surface area contributed by atoms with Crippen molar-refractivity contribution in [2.75, 3.05) is 6.61 Å². The summed E-state index contributed by atoms with van der Waals surface area (Å²) in [6.07, 6.45) is -1.82. The summed E-state index contributed by atoms with van der Waals surface area (Å²) < 4.78 is 10.8. The van der Waals surface area contributed by atoms with Crippen molar-refractivity contribution >= 4 is 18.0 Å². The van der Waals surface area contributed by atoms with E-state index >= 15 is 0 Å². The number of furan rings is 1. The highest BCUT2D eigenvalue weighted by molar-refractivity contribution is 5.90. The molecule has 0 aliphatic heterocycles. The lowest BCUT2D eigenvalue weighted by Gasteiger charge is -2.14. The first kappa shape index (κ1) is 22.1. The molecule has 9 heteroatoms. The van der Waals surface area contributed by atoms with Crippen molar-refractivity contribution in [2.45, 2.75) is 25.5 Å². The van der Waals surface area contributed by atoms with Crippen LogP contribution in [-0.4, -0.2) is 35.8 Å². The lowest BCUT2D eigenvalue weighted by molar-refractivity contribution is -0.152. The molecule has 3 N–H and O–H groups in total. The minimum absolute atomic E-state index is 0.0103. The van der Waals surface area contributed by atoms with E-state index in [1.165, 1.54) is 19.1 Å². The van der Waals surface area contributed by atoms with Gasteiger partial charge >= 0.3 is 18.0 Å². The van der Waals surface area contributed by atoms with Crippen LogP contribution in [0.3, 0.4) is 0 Å². The molecular formula is C24H22N2O7. The maximum Gasteiger partial charge on any atom is 0.407 e. The number of carboxylic acid groups (broad SMARTS) is 1. The number of hydrogen-bond acceptors (Lipinski definition) is 6. The molecule has 0 spiro atoms. The van der Waals surface area contributed by atoms with Crippen LogP contribution >= 0.6 is 0 Å². The van der Waals surface area contributed by atoms with E-state index in [1.54, 1.807) is 0 Å². The summed E-state index contributed by atoms with van der Waals surface area (Å²) in [5.74, 6) is -1.77. The summed E-state index contributed by atoms with van der Waals surface area (Å²) in [4.78, 5) is 39.6. The van der Waals surface area contributed by atoms with Crippen LogP contribution in [0.4, 0.5) is 4.79 Å². The molecule has 1 atom stereocenters. The molecule has 1 aromatic heterocycles. The fourth-order valence-corrected chi connectivity index (χ4v) is 3.65. The number of rotatable bonds is 8. The molecule has 9 nitrogen and oxygen atoms in total. The van der Waals surface area contributed by atoms with E-state index in [0.717, 1.165) is 22.3 Å². The van der Waals surface area contributed by atoms with Crippen LogP contribution in [0.1, 0.15) is 40.3 Å². The Morgan fingerprint density at radius 2 is 1.64 bits per heavy atom. The molecule has 0 fully saturated rings. The molecule has 0 radical (unpaired) electrons. The Bertz CT molecular complexity index is 1140. The third kappa shape index (κ3) is 4.88. The number of nitrogens with one attached hydrogen (secondary N) is 2. The number of benzene rings is 2. The van der Waals surface area contributed by atoms with Crippen LogP contribution < -0.4 is 10.8 Å². The fourth-order valence-electron chi connectivity index (χ4n) is 3.65. The number of ether oxygens (including phenoxy) is 1.